The molecule has 4 rings (SSSR count). The molecule has 1 aliphatic heterocycles. The molecule has 0 fully saturated rings. The van der Waals surface area contributed by atoms with Gasteiger partial charge in [-0.25, -0.2) is 0 Å². The zero-order chi connectivity index (χ0) is 16.5. The van der Waals surface area contributed by atoms with Crippen molar-refractivity contribution in [3.05, 3.63) is 71.4 Å². The van der Waals surface area contributed by atoms with E-state index >= 15 is 0 Å². The van der Waals surface area contributed by atoms with E-state index in [-0.39, 0.29) is 5.91 Å². The Morgan fingerprint density at radius 3 is 2.79 bits per heavy atom. The topological polar surface area (TPSA) is 42.4 Å². The van der Waals surface area contributed by atoms with Crippen LogP contribution in [0.4, 0.5) is 0 Å². The van der Waals surface area contributed by atoms with Crippen LogP contribution in [0.2, 0.25) is 0 Å². The fourth-order valence-corrected chi connectivity index (χ4v) is 3.28. The Morgan fingerprint density at radius 1 is 1.12 bits per heavy atom. The number of carbonyl (C=O) groups excluding carboxylic acids is 1. The van der Waals surface area contributed by atoms with E-state index < -0.39 is 0 Å². The average molecular weight is 318 g/mol. The molecule has 0 saturated carbocycles. The van der Waals surface area contributed by atoms with Crippen LogP contribution in [-0.2, 0) is 13.0 Å². The van der Waals surface area contributed by atoms with Gasteiger partial charge in [0.05, 0.1) is 18.2 Å². The lowest BCUT2D eigenvalue weighted by Crippen LogP contribution is -2.36. The van der Waals surface area contributed by atoms with E-state index in [1.807, 2.05) is 29.2 Å². The Morgan fingerprint density at radius 2 is 1.96 bits per heavy atom. The number of ether oxygens (including phenoxy) is 1. The summed E-state index contributed by atoms with van der Waals surface area (Å²) in [5, 5.41) is 0.834. The van der Waals surface area contributed by atoms with Crippen molar-refractivity contribution in [2.75, 3.05) is 13.7 Å². The molecule has 1 aliphatic rings. The van der Waals surface area contributed by atoms with Crippen molar-refractivity contribution in [1.29, 1.82) is 0 Å². The van der Waals surface area contributed by atoms with Crippen molar-refractivity contribution in [3.63, 3.8) is 0 Å². The van der Waals surface area contributed by atoms with Crippen LogP contribution in [0.25, 0.3) is 10.9 Å². The molecule has 0 atom stereocenters. The summed E-state index contributed by atoms with van der Waals surface area (Å²) >= 11 is 0. The molecule has 1 aromatic heterocycles. The summed E-state index contributed by atoms with van der Waals surface area (Å²) in [5.41, 5.74) is 4.05. The van der Waals surface area contributed by atoms with Gasteiger partial charge in [0.25, 0.3) is 5.91 Å². The molecule has 2 heterocycles. The van der Waals surface area contributed by atoms with Gasteiger partial charge >= 0.3 is 0 Å². The highest BCUT2D eigenvalue weighted by Gasteiger charge is 2.23. The first kappa shape index (κ1) is 14.7. The van der Waals surface area contributed by atoms with Gasteiger partial charge in [-0.3, -0.25) is 9.78 Å². The van der Waals surface area contributed by atoms with Crippen LogP contribution in [0.1, 0.15) is 21.5 Å². The second-order valence-electron chi connectivity index (χ2n) is 5.99. The fourth-order valence-electron chi connectivity index (χ4n) is 3.28. The molecular weight excluding hydrogens is 300 g/mol. The van der Waals surface area contributed by atoms with Crippen molar-refractivity contribution in [2.24, 2.45) is 0 Å². The Kier molecular flexibility index (Phi) is 3.65. The summed E-state index contributed by atoms with van der Waals surface area (Å²) in [4.78, 5) is 19.3. The Balaban J connectivity index is 1.71. The molecule has 0 spiro atoms. The monoisotopic (exact) mass is 318 g/mol. The minimum atomic E-state index is 0.0464. The first-order chi connectivity index (χ1) is 11.8. The number of hydrogen-bond donors (Lipinski definition) is 0. The van der Waals surface area contributed by atoms with E-state index in [1.165, 1.54) is 11.1 Å². The third-order valence-electron chi connectivity index (χ3n) is 4.60. The molecule has 3 aromatic rings. The van der Waals surface area contributed by atoms with Gasteiger partial charge in [-0.05, 0) is 41.8 Å². The fraction of sp³-hybridized carbons (Fsp3) is 0.200. The standard InChI is InChI=1S/C20H18N2O2/c1-24-16-6-7-19-18(12-16)17(8-10-21-19)20(23)22-11-9-14-4-2-3-5-15(14)13-22/h2-8,10,12H,9,11,13H2,1H3. The van der Waals surface area contributed by atoms with Crippen LogP contribution in [0.15, 0.2) is 54.7 Å². The molecule has 0 bridgehead atoms. The lowest BCUT2D eigenvalue weighted by molar-refractivity contribution is 0.0736. The number of hydrogen-bond acceptors (Lipinski definition) is 3. The third-order valence-corrected chi connectivity index (χ3v) is 4.60. The molecule has 1 amide bonds. The van der Waals surface area contributed by atoms with Crippen LogP contribution in [0.5, 0.6) is 5.75 Å². The lowest BCUT2D eigenvalue weighted by atomic mass is 9.99. The molecule has 0 radical (unpaired) electrons. The van der Waals surface area contributed by atoms with Crippen molar-refractivity contribution in [3.8, 4) is 5.75 Å². The number of methoxy groups -OCH3 is 1. The van der Waals surface area contributed by atoms with Crippen LogP contribution in [0.3, 0.4) is 0 Å². The summed E-state index contributed by atoms with van der Waals surface area (Å²) < 4.78 is 5.30. The first-order valence-corrected chi connectivity index (χ1v) is 8.05. The van der Waals surface area contributed by atoms with Crippen LogP contribution in [-0.4, -0.2) is 29.4 Å². The van der Waals surface area contributed by atoms with Crippen molar-refractivity contribution in [1.82, 2.24) is 9.88 Å². The number of pyridine rings is 1. The van der Waals surface area contributed by atoms with E-state index in [0.717, 1.165) is 29.6 Å². The zero-order valence-corrected chi connectivity index (χ0v) is 13.5. The summed E-state index contributed by atoms with van der Waals surface area (Å²) in [7, 11) is 1.63. The smallest absolute Gasteiger partial charge is 0.254 e. The molecule has 0 unspecified atom stereocenters. The predicted octanol–water partition coefficient (Wildman–Crippen LogP) is 3.44. The minimum Gasteiger partial charge on any atom is -0.497 e. The van der Waals surface area contributed by atoms with Gasteiger partial charge in [0.15, 0.2) is 0 Å². The van der Waals surface area contributed by atoms with E-state index in [2.05, 4.69) is 23.2 Å². The maximum atomic E-state index is 13.1. The predicted molar refractivity (Wildman–Crippen MR) is 93.2 cm³/mol. The van der Waals surface area contributed by atoms with Crippen molar-refractivity contribution >= 4 is 16.8 Å². The highest BCUT2D eigenvalue weighted by Crippen LogP contribution is 2.26. The van der Waals surface area contributed by atoms with Gasteiger partial charge < -0.3 is 9.64 Å². The Labute approximate surface area is 140 Å². The molecule has 120 valence electrons. The van der Waals surface area contributed by atoms with E-state index in [4.69, 9.17) is 4.74 Å². The normalized spacial score (nSPS) is 13.6. The highest BCUT2D eigenvalue weighted by atomic mass is 16.5. The Hall–Kier alpha value is -2.88. The van der Waals surface area contributed by atoms with Gasteiger partial charge in [0.1, 0.15) is 5.75 Å². The summed E-state index contributed by atoms with van der Waals surface area (Å²) in [6.07, 6.45) is 2.59. The number of carbonyl (C=O) groups is 1. The van der Waals surface area contributed by atoms with Crippen molar-refractivity contribution < 1.29 is 9.53 Å². The number of rotatable bonds is 2. The molecule has 0 saturated heterocycles. The molecule has 24 heavy (non-hydrogen) atoms. The maximum absolute atomic E-state index is 13.1. The number of fused-ring (bicyclic) bond motifs is 2. The van der Waals surface area contributed by atoms with Gasteiger partial charge in [-0.15, -0.1) is 0 Å². The molecule has 2 aromatic carbocycles. The lowest BCUT2D eigenvalue weighted by Gasteiger charge is -2.29. The largest absolute Gasteiger partial charge is 0.497 e. The molecule has 0 aliphatic carbocycles. The average Bonchev–Trinajstić information content (AvgIpc) is 2.66. The molecule has 0 N–H and O–H groups in total. The maximum Gasteiger partial charge on any atom is 0.254 e. The van der Waals surface area contributed by atoms with Crippen LogP contribution < -0.4 is 4.74 Å². The molecule has 4 heteroatoms. The first-order valence-electron chi connectivity index (χ1n) is 8.05. The van der Waals surface area contributed by atoms with Gasteiger partial charge in [0.2, 0.25) is 0 Å². The highest BCUT2D eigenvalue weighted by molar-refractivity contribution is 6.06. The van der Waals surface area contributed by atoms with E-state index in [9.17, 15) is 4.79 Å². The van der Waals surface area contributed by atoms with E-state index in [1.54, 1.807) is 19.4 Å². The van der Waals surface area contributed by atoms with E-state index in [0.29, 0.717) is 12.1 Å². The third kappa shape index (κ3) is 2.50. The summed E-state index contributed by atoms with van der Waals surface area (Å²) in [6.45, 7) is 1.40. The van der Waals surface area contributed by atoms with Crippen molar-refractivity contribution in [2.45, 2.75) is 13.0 Å². The summed E-state index contributed by atoms with van der Waals surface area (Å²) in [6, 6.07) is 15.8. The summed E-state index contributed by atoms with van der Waals surface area (Å²) in [5.74, 6) is 0.777. The van der Waals surface area contributed by atoms with Crippen LogP contribution >= 0.6 is 0 Å². The number of aromatic nitrogens is 1. The van der Waals surface area contributed by atoms with Crippen LogP contribution in [0, 0.1) is 0 Å². The quantitative estimate of drug-likeness (QED) is 0.727. The number of nitrogens with zero attached hydrogens (tertiary/aromatic N) is 2. The van der Waals surface area contributed by atoms with Gasteiger partial charge in [-0.1, -0.05) is 24.3 Å². The SMILES string of the molecule is COc1ccc2nccc(C(=O)N3CCc4ccccc4C3)c2c1. The zero-order valence-electron chi connectivity index (χ0n) is 13.5. The minimum absolute atomic E-state index is 0.0464. The molecule has 4 nitrogen and oxygen atoms in total. The second kappa shape index (κ2) is 5.96. The van der Waals surface area contributed by atoms with Gasteiger partial charge in [0, 0.05) is 24.7 Å². The Bertz CT molecular complexity index is 920. The number of amides is 1. The number of benzene rings is 2. The second-order valence-corrected chi connectivity index (χ2v) is 5.99. The molecular formula is C20H18N2O2. The van der Waals surface area contributed by atoms with Gasteiger partial charge in [-0.2, -0.15) is 0 Å².